The van der Waals surface area contributed by atoms with Gasteiger partial charge in [-0.15, -0.1) is 0 Å². The summed E-state index contributed by atoms with van der Waals surface area (Å²) in [4.78, 5) is 15.1. The highest BCUT2D eigenvalue weighted by Gasteiger charge is 2.34. The van der Waals surface area contributed by atoms with Crippen molar-refractivity contribution in [3.8, 4) is 5.75 Å². The maximum absolute atomic E-state index is 13.4. The van der Waals surface area contributed by atoms with Gasteiger partial charge in [-0.1, -0.05) is 30.7 Å². The summed E-state index contributed by atoms with van der Waals surface area (Å²) in [5, 5.41) is 12.8. The molecule has 2 aromatic rings. The second kappa shape index (κ2) is 9.89. The van der Waals surface area contributed by atoms with Crippen molar-refractivity contribution >= 4 is 21.6 Å². The van der Waals surface area contributed by atoms with Gasteiger partial charge in [-0.05, 0) is 45.2 Å². The van der Waals surface area contributed by atoms with E-state index in [0.29, 0.717) is 13.1 Å². The van der Waals surface area contributed by atoms with Crippen LogP contribution in [0.2, 0.25) is 0 Å². The Kier molecular flexibility index (Phi) is 7.43. The molecule has 3 atom stereocenters. The van der Waals surface area contributed by atoms with Crippen LogP contribution in [0.4, 0.5) is 5.69 Å². The molecule has 1 aliphatic rings. The number of ether oxygens (including phenoxy) is 1. The molecule has 0 saturated carbocycles. The third-order valence-corrected chi connectivity index (χ3v) is 7.05. The Morgan fingerprint density at radius 1 is 1.22 bits per heavy atom. The van der Waals surface area contributed by atoms with Gasteiger partial charge in [-0.25, -0.2) is 8.42 Å². The van der Waals surface area contributed by atoms with Crippen molar-refractivity contribution in [2.75, 3.05) is 31.5 Å². The van der Waals surface area contributed by atoms with Crippen molar-refractivity contribution < 1.29 is 23.1 Å². The van der Waals surface area contributed by atoms with Crippen LogP contribution in [-0.4, -0.2) is 63.2 Å². The molecular formula is C23H31N3O5S. The number of para-hydroxylation sites is 1. The lowest BCUT2D eigenvalue weighted by Crippen LogP contribution is -2.49. The molecular weight excluding hydrogens is 430 g/mol. The van der Waals surface area contributed by atoms with E-state index in [0.717, 1.165) is 5.56 Å². The topological polar surface area (TPSA) is 108 Å². The fraction of sp³-hybridized carbons (Fsp3) is 0.435. The van der Waals surface area contributed by atoms with Crippen molar-refractivity contribution in [1.82, 2.24) is 10.2 Å². The third-order valence-electron chi connectivity index (χ3n) is 5.67. The van der Waals surface area contributed by atoms with Crippen LogP contribution in [0, 0.1) is 12.8 Å². The number of aliphatic hydroxyl groups excluding tert-OH is 1. The lowest BCUT2D eigenvalue weighted by atomic mass is 9.99. The van der Waals surface area contributed by atoms with E-state index in [-0.39, 0.29) is 52.5 Å². The Balaban J connectivity index is 2.08. The van der Waals surface area contributed by atoms with Crippen LogP contribution >= 0.6 is 0 Å². The van der Waals surface area contributed by atoms with Gasteiger partial charge in [-0.3, -0.25) is 9.52 Å². The van der Waals surface area contributed by atoms with E-state index in [9.17, 15) is 18.3 Å². The van der Waals surface area contributed by atoms with Crippen LogP contribution in [0.1, 0.15) is 29.8 Å². The Bertz CT molecular complexity index is 1060. The molecule has 0 aromatic heterocycles. The number of benzene rings is 2. The van der Waals surface area contributed by atoms with Crippen molar-refractivity contribution in [3.63, 3.8) is 0 Å². The minimum absolute atomic E-state index is 0.0599. The minimum atomic E-state index is -3.89. The predicted octanol–water partition coefficient (Wildman–Crippen LogP) is 2.24. The summed E-state index contributed by atoms with van der Waals surface area (Å²) in [7, 11) is -2.08. The van der Waals surface area contributed by atoms with E-state index >= 15 is 0 Å². The highest BCUT2D eigenvalue weighted by molar-refractivity contribution is 7.92. The fourth-order valence-corrected chi connectivity index (χ4v) is 4.75. The first-order chi connectivity index (χ1) is 15.2. The molecule has 2 aromatic carbocycles. The first-order valence-corrected chi connectivity index (χ1v) is 12.1. The number of nitrogens with zero attached hydrogens (tertiary/aromatic N) is 1. The molecule has 1 amide bonds. The number of aryl methyl sites for hydroxylation is 1. The van der Waals surface area contributed by atoms with Crippen LogP contribution in [0.3, 0.4) is 0 Å². The SMILES string of the molecule is CNC[C@H]1Oc2c(NS(=O)(=O)c3ccc(C)cc3)cccc2C(=O)N([C@H](C)CO)C[C@@H]1C. The average molecular weight is 462 g/mol. The van der Waals surface area contributed by atoms with Crippen LogP contribution in [0.5, 0.6) is 5.75 Å². The van der Waals surface area contributed by atoms with Gasteiger partial charge in [0.1, 0.15) is 6.10 Å². The van der Waals surface area contributed by atoms with Crippen LogP contribution in [-0.2, 0) is 10.0 Å². The molecule has 9 heteroatoms. The van der Waals surface area contributed by atoms with E-state index in [2.05, 4.69) is 10.0 Å². The molecule has 0 spiro atoms. The number of fused-ring (bicyclic) bond motifs is 1. The summed E-state index contributed by atoms with van der Waals surface area (Å²) in [6, 6.07) is 10.9. The number of rotatable bonds is 7. The van der Waals surface area contributed by atoms with Gasteiger partial charge in [0.05, 0.1) is 28.8 Å². The molecule has 0 radical (unpaired) electrons. The molecule has 174 valence electrons. The summed E-state index contributed by atoms with van der Waals surface area (Å²) < 4.78 is 34.9. The smallest absolute Gasteiger partial charge is 0.262 e. The van der Waals surface area contributed by atoms with Gasteiger partial charge in [0.2, 0.25) is 0 Å². The van der Waals surface area contributed by atoms with Gasteiger partial charge in [0.25, 0.3) is 15.9 Å². The highest BCUT2D eigenvalue weighted by atomic mass is 32.2. The standard InChI is InChI=1S/C23H31N3O5S/c1-15-8-10-18(11-9-15)32(29,30)25-20-7-5-6-19-22(20)31-21(12-24-4)16(2)13-26(23(19)28)17(3)14-27/h5-11,16-17,21,24-25,27H,12-14H2,1-4H3/t16-,17+,21+/m0/s1. The number of hydrogen-bond acceptors (Lipinski definition) is 6. The normalized spacial score (nSPS) is 20.0. The lowest BCUT2D eigenvalue weighted by molar-refractivity contribution is 0.0417. The molecule has 0 saturated heterocycles. The number of anilines is 1. The maximum Gasteiger partial charge on any atom is 0.262 e. The number of sulfonamides is 1. The molecule has 32 heavy (non-hydrogen) atoms. The van der Waals surface area contributed by atoms with E-state index < -0.39 is 10.0 Å². The minimum Gasteiger partial charge on any atom is -0.486 e. The summed E-state index contributed by atoms with van der Waals surface area (Å²) in [5.41, 5.74) is 1.40. The quantitative estimate of drug-likeness (QED) is 0.584. The lowest BCUT2D eigenvalue weighted by Gasteiger charge is -2.37. The van der Waals surface area contributed by atoms with E-state index in [1.165, 1.54) is 12.1 Å². The molecule has 8 nitrogen and oxygen atoms in total. The zero-order valence-electron chi connectivity index (χ0n) is 18.8. The zero-order valence-corrected chi connectivity index (χ0v) is 19.6. The molecule has 1 heterocycles. The fourth-order valence-electron chi connectivity index (χ4n) is 3.69. The van der Waals surface area contributed by atoms with Gasteiger partial charge in [-0.2, -0.15) is 0 Å². The Labute approximate surface area is 189 Å². The van der Waals surface area contributed by atoms with E-state index in [1.54, 1.807) is 49.2 Å². The number of nitrogens with one attached hydrogen (secondary N) is 2. The molecule has 0 unspecified atom stereocenters. The summed E-state index contributed by atoms with van der Waals surface area (Å²) >= 11 is 0. The first-order valence-electron chi connectivity index (χ1n) is 10.6. The largest absolute Gasteiger partial charge is 0.486 e. The monoisotopic (exact) mass is 461 g/mol. The number of aliphatic hydroxyl groups is 1. The Morgan fingerprint density at radius 3 is 2.53 bits per heavy atom. The molecule has 0 fully saturated rings. The number of hydrogen-bond donors (Lipinski definition) is 3. The molecule has 0 bridgehead atoms. The van der Waals surface area contributed by atoms with Crippen LogP contribution in [0.25, 0.3) is 0 Å². The molecule has 1 aliphatic heterocycles. The first kappa shape index (κ1) is 24.0. The van der Waals surface area contributed by atoms with Crippen molar-refractivity contribution in [2.24, 2.45) is 5.92 Å². The predicted molar refractivity (Wildman–Crippen MR) is 124 cm³/mol. The highest BCUT2D eigenvalue weighted by Crippen LogP contribution is 2.35. The summed E-state index contributed by atoms with van der Waals surface area (Å²) in [6.45, 7) is 6.37. The average Bonchev–Trinajstić information content (AvgIpc) is 2.76. The third kappa shape index (κ3) is 5.06. The van der Waals surface area contributed by atoms with Crippen molar-refractivity contribution in [3.05, 3.63) is 53.6 Å². The van der Waals surface area contributed by atoms with Crippen LogP contribution < -0.4 is 14.8 Å². The second-order valence-corrected chi connectivity index (χ2v) is 9.96. The summed E-state index contributed by atoms with van der Waals surface area (Å²) in [6.07, 6.45) is -0.315. The Morgan fingerprint density at radius 2 is 1.91 bits per heavy atom. The number of carbonyl (C=O) groups is 1. The van der Waals surface area contributed by atoms with Gasteiger partial charge in [0, 0.05) is 19.0 Å². The van der Waals surface area contributed by atoms with Crippen molar-refractivity contribution in [1.29, 1.82) is 0 Å². The molecule has 3 rings (SSSR count). The van der Waals surface area contributed by atoms with Crippen LogP contribution in [0.15, 0.2) is 47.4 Å². The molecule has 0 aliphatic carbocycles. The zero-order chi connectivity index (χ0) is 23.5. The Hall–Kier alpha value is -2.62. The van der Waals surface area contributed by atoms with Gasteiger partial charge >= 0.3 is 0 Å². The van der Waals surface area contributed by atoms with E-state index in [1.807, 2.05) is 13.8 Å². The molecule has 3 N–H and O–H groups in total. The van der Waals surface area contributed by atoms with Crippen molar-refractivity contribution in [2.45, 2.75) is 37.8 Å². The number of carbonyl (C=O) groups excluding carboxylic acids is 1. The number of amides is 1. The summed E-state index contributed by atoms with van der Waals surface area (Å²) in [5.74, 6) is -0.182. The number of likely N-dealkylation sites (N-methyl/N-ethyl adjacent to an activating group) is 1. The van der Waals surface area contributed by atoms with E-state index in [4.69, 9.17) is 4.74 Å². The second-order valence-electron chi connectivity index (χ2n) is 8.28. The van der Waals surface area contributed by atoms with Gasteiger partial charge in [0.15, 0.2) is 5.75 Å². The van der Waals surface area contributed by atoms with Gasteiger partial charge < -0.3 is 20.1 Å². The maximum atomic E-state index is 13.4.